The minimum atomic E-state index is -4.80. The molecule has 3 rings (SSSR count). The van der Waals surface area contributed by atoms with E-state index in [1.807, 2.05) is 0 Å². The van der Waals surface area contributed by atoms with Crippen LogP contribution in [0.3, 0.4) is 0 Å². The van der Waals surface area contributed by atoms with Crippen LogP contribution in [-0.2, 0) is 19.4 Å². The first kappa shape index (κ1) is 20.0. The van der Waals surface area contributed by atoms with E-state index in [9.17, 15) is 19.9 Å². The van der Waals surface area contributed by atoms with Gasteiger partial charge in [-0.2, -0.15) is 0 Å². The van der Waals surface area contributed by atoms with Crippen LogP contribution in [0.1, 0.15) is 25.9 Å². The summed E-state index contributed by atoms with van der Waals surface area (Å²) in [4.78, 5) is 29.7. The Morgan fingerprint density at radius 2 is 2.00 bits per heavy atom. The molecule has 0 bridgehead atoms. The number of fused-ring (bicyclic) bond motifs is 1. The van der Waals surface area contributed by atoms with E-state index in [4.69, 9.17) is 20.3 Å². The molecule has 0 amide bonds. The van der Waals surface area contributed by atoms with Crippen molar-refractivity contribution in [2.45, 2.75) is 44.0 Å². The number of imidazole rings is 1. The lowest BCUT2D eigenvalue weighted by Gasteiger charge is -2.24. The Morgan fingerprint density at radius 3 is 2.59 bits per heavy atom. The predicted octanol–water partition coefficient (Wildman–Crippen LogP) is -1.64. The van der Waals surface area contributed by atoms with Crippen LogP contribution in [0.25, 0.3) is 11.2 Å². The van der Waals surface area contributed by atoms with Gasteiger partial charge in [-0.15, -0.1) is 0 Å². The number of phosphoric ester groups is 1. The first-order valence-corrected chi connectivity index (χ1v) is 9.36. The highest BCUT2D eigenvalue weighted by Crippen LogP contribution is 2.40. The van der Waals surface area contributed by atoms with Gasteiger partial charge in [0.1, 0.15) is 36.1 Å². The van der Waals surface area contributed by atoms with Crippen LogP contribution in [0, 0.1) is 0 Å². The fourth-order valence-corrected chi connectivity index (χ4v) is 3.19. The molecule has 0 unspecified atom stereocenters. The SMILES string of the molecule is CC(C)(O)c1nc2c(N)ncnc2n1[C@@H]1O[C@H](COP(=O)(O)O)[C@@H](O)[C@H]1O. The van der Waals surface area contributed by atoms with E-state index < -0.39 is 44.6 Å². The number of phosphoric acid groups is 1. The van der Waals surface area contributed by atoms with Crippen molar-refractivity contribution in [3.8, 4) is 0 Å². The number of hydrogen-bond acceptors (Lipinski definition) is 10. The van der Waals surface area contributed by atoms with E-state index in [2.05, 4.69) is 19.5 Å². The van der Waals surface area contributed by atoms with E-state index in [1.165, 1.54) is 18.4 Å². The normalized spacial score (nSPS) is 26.8. The molecule has 13 nitrogen and oxygen atoms in total. The molecule has 4 atom stereocenters. The molecular formula is C13H20N5O8P. The zero-order valence-electron chi connectivity index (χ0n) is 14.4. The number of ether oxygens (including phenoxy) is 1. The summed E-state index contributed by atoms with van der Waals surface area (Å²) in [5, 5.41) is 31.1. The number of nitrogens with zero attached hydrogens (tertiary/aromatic N) is 4. The highest BCUT2D eigenvalue weighted by molar-refractivity contribution is 7.46. The largest absolute Gasteiger partial charge is 0.469 e. The van der Waals surface area contributed by atoms with Crippen LogP contribution in [0.15, 0.2) is 6.33 Å². The Bertz CT molecular complexity index is 893. The number of nitrogens with two attached hydrogens (primary N) is 1. The molecule has 1 aliphatic heterocycles. The standard InChI is InChI=1S/C13H20N5O8P/c1-13(2,21)12-17-6-9(14)15-4-16-10(6)18(12)11-8(20)7(19)5(26-11)3-25-27(22,23)24/h4-5,7-8,11,19-21H,3H2,1-2H3,(H2,14,15,16)(H2,22,23,24)/t5-,7-,8-,11-/m1/s1. The molecule has 0 aliphatic carbocycles. The number of aliphatic hydroxyl groups is 3. The fourth-order valence-electron chi connectivity index (χ4n) is 2.85. The maximum atomic E-state index is 10.9. The highest BCUT2D eigenvalue weighted by Gasteiger charge is 2.47. The summed E-state index contributed by atoms with van der Waals surface area (Å²) >= 11 is 0. The lowest BCUT2D eigenvalue weighted by molar-refractivity contribution is -0.0575. The molecule has 0 radical (unpaired) electrons. The molecule has 0 aromatic carbocycles. The summed E-state index contributed by atoms with van der Waals surface area (Å²) in [6, 6.07) is 0. The molecular weight excluding hydrogens is 385 g/mol. The quantitative estimate of drug-likeness (QED) is 0.310. The number of aliphatic hydroxyl groups excluding tert-OH is 2. The number of aromatic nitrogens is 4. The lowest BCUT2D eigenvalue weighted by atomic mass is 10.1. The van der Waals surface area contributed by atoms with Crippen LogP contribution in [0.2, 0.25) is 0 Å². The highest BCUT2D eigenvalue weighted by atomic mass is 31.2. The molecule has 0 spiro atoms. The zero-order valence-corrected chi connectivity index (χ0v) is 15.3. The van der Waals surface area contributed by atoms with Gasteiger partial charge in [0.2, 0.25) is 0 Å². The van der Waals surface area contributed by atoms with Crippen LogP contribution >= 0.6 is 7.82 Å². The summed E-state index contributed by atoms with van der Waals surface area (Å²) in [5.41, 5.74) is 4.61. The Kier molecular flexibility index (Phi) is 4.99. The molecule has 1 saturated heterocycles. The van der Waals surface area contributed by atoms with Crippen molar-refractivity contribution in [3.63, 3.8) is 0 Å². The van der Waals surface area contributed by atoms with Crippen LogP contribution in [0.5, 0.6) is 0 Å². The maximum absolute atomic E-state index is 10.9. The molecule has 14 heteroatoms. The molecule has 1 aliphatic rings. The van der Waals surface area contributed by atoms with E-state index in [0.29, 0.717) is 0 Å². The van der Waals surface area contributed by atoms with Crippen molar-refractivity contribution in [3.05, 3.63) is 12.2 Å². The molecule has 27 heavy (non-hydrogen) atoms. The van der Waals surface area contributed by atoms with Gasteiger partial charge in [0.05, 0.1) is 6.61 Å². The minimum Gasteiger partial charge on any atom is -0.387 e. The second-order valence-corrected chi connectivity index (χ2v) is 7.87. The van der Waals surface area contributed by atoms with Crippen LogP contribution in [-0.4, -0.2) is 69.5 Å². The van der Waals surface area contributed by atoms with Crippen molar-refractivity contribution >= 4 is 24.8 Å². The van der Waals surface area contributed by atoms with Crippen LogP contribution in [0.4, 0.5) is 5.82 Å². The van der Waals surface area contributed by atoms with Crippen LogP contribution < -0.4 is 5.73 Å². The molecule has 2 aromatic heterocycles. The number of anilines is 1. The Morgan fingerprint density at radius 1 is 1.33 bits per heavy atom. The third-order valence-corrected chi connectivity index (χ3v) is 4.54. The van der Waals surface area contributed by atoms with Gasteiger partial charge in [-0.25, -0.2) is 19.5 Å². The smallest absolute Gasteiger partial charge is 0.387 e. The molecule has 150 valence electrons. The monoisotopic (exact) mass is 405 g/mol. The fraction of sp³-hybridized carbons (Fsp3) is 0.615. The summed E-state index contributed by atoms with van der Waals surface area (Å²) in [7, 11) is -4.80. The molecule has 1 fully saturated rings. The first-order chi connectivity index (χ1) is 12.4. The summed E-state index contributed by atoms with van der Waals surface area (Å²) in [6.45, 7) is 2.22. The number of hydrogen-bond donors (Lipinski definition) is 6. The van der Waals surface area contributed by atoms with Crippen molar-refractivity contribution in [1.29, 1.82) is 0 Å². The molecule has 0 saturated carbocycles. The number of nitrogen functional groups attached to an aromatic ring is 1. The van der Waals surface area contributed by atoms with Gasteiger partial charge < -0.3 is 35.6 Å². The van der Waals surface area contributed by atoms with Gasteiger partial charge in [0.25, 0.3) is 0 Å². The second kappa shape index (κ2) is 6.72. The Hall–Kier alpha value is -1.70. The van der Waals surface area contributed by atoms with Crippen molar-refractivity contribution in [1.82, 2.24) is 19.5 Å². The maximum Gasteiger partial charge on any atom is 0.469 e. The van der Waals surface area contributed by atoms with E-state index in [0.717, 1.165) is 6.33 Å². The van der Waals surface area contributed by atoms with Crippen molar-refractivity contribution in [2.24, 2.45) is 0 Å². The Labute approximate surface area is 152 Å². The van der Waals surface area contributed by atoms with Gasteiger partial charge in [-0.3, -0.25) is 9.09 Å². The van der Waals surface area contributed by atoms with Gasteiger partial charge >= 0.3 is 7.82 Å². The Balaban J connectivity index is 2.04. The predicted molar refractivity (Wildman–Crippen MR) is 88.9 cm³/mol. The van der Waals surface area contributed by atoms with Gasteiger partial charge in [-0.05, 0) is 13.8 Å². The van der Waals surface area contributed by atoms with Gasteiger partial charge in [0.15, 0.2) is 23.2 Å². The number of rotatable bonds is 5. The average Bonchev–Trinajstić information content (AvgIpc) is 3.05. The summed E-state index contributed by atoms with van der Waals surface area (Å²) < 4.78 is 22.0. The van der Waals surface area contributed by atoms with Crippen molar-refractivity contribution in [2.75, 3.05) is 12.3 Å². The van der Waals surface area contributed by atoms with Gasteiger partial charge in [0, 0.05) is 0 Å². The third-order valence-electron chi connectivity index (χ3n) is 4.05. The van der Waals surface area contributed by atoms with E-state index >= 15 is 0 Å². The second-order valence-electron chi connectivity index (χ2n) is 6.63. The summed E-state index contributed by atoms with van der Waals surface area (Å²) in [6.07, 6.45) is -4.40. The first-order valence-electron chi connectivity index (χ1n) is 7.83. The molecule has 2 aromatic rings. The zero-order chi connectivity index (χ0) is 20.1. The van der Waals surface area contributed by atoms with Crippen molar-refractivity contribution < 1.29 is 38.9 Å². The molecule has 3 heterocycles. The minimum absolute atomic E-state index is 0.0394. The summed E-state index contributed by atoms with van der Waals surface area (Å²) in [5.74, 6) is 0.0798. The van der Waals surface area contributed by atoms with Gasteiger partial charge in [-0.1, -0.05) is 0 Å². The third kappa shape index (κ3) is 3.81. The molecule has 7 N–H and O–H groups in total. The van der Waals surface area contributed by atoms with E-state index in [1.54, 1.807) is 0 Å². The van der Waals surface area contributed by atoms with E-state index in [-0.39, 0.29) is 22.8 Å². The average molecular weight is 405 g/mol. The topological polar surface area (TPSA) is 206 Å². The lowest BCUT2D eigenvalue weighted by Crippen LogP contribution is -2.34.